The minimum atomic E-state index is -1.21. The fraction of sp³-hybridized carbons (Fsp3) is 0.571. The lowest BCUT2D eigenvalue weighted by Crippen LogP contribution is -2.35. The van der Waals surface area contributed by atoms with Crippen molar-refractivity contribution in [3.63, 3.8) is 0 Å². The topological polar surface area (TPSA) is 153 Å². The van der Waals surface area contributed by atoms with Crippen LogP contribution in [0.1, 0.15) is 33.1 Å². The molecule has 1 fully saturated rings. The molecule has 25 heavy (non-hydrogen) atoms. The molecule has 1 aliphatic heterocycles. The second-order valence-corrected chi connectivity index (χ2v) is 5.79. The third-order valence-electron chi connectivity index (χ3n) is 3.78. The number of rotatable bonds is 4. The highest BCUT2D eigenvalue weighted by Gasteiger charge is 2.30. The van der Waals surface area contributed by atoms with Crippen LogP contribution in [0.25, 0.3) is 0 Å². The second kappa shape index (κ2) is 8.87. The smallest absolute Gasteiger partial charge is 0.324 e. The van der Waals surface area contributed by atoms with E-state index in [1.54, 1.807) is 0 Å². The van der Waals surface area contributed by atoms with Gasteiger partial charge < -0.3 is 10.0 Å². The Labute approximate surface area is 143 Å². The average Bonchev–Trinajstić information content (AvgIpc) is 2.55. The molecular formula is C14H20N4O7. The molecule has 0 bridgehead atoms. The number of non-ortho nitro benzene ring substituents is 1. The summed E-state index contributed by atoms with van der Waals surface area (Å²) in [6.45, 7) is 7.23. The summed E-state index contributed by atoms with van der Waals surface area (Å²) >= 11 is 0. The maximum Gasteiger partial charge on any atom is 0.324 e. The third-order valence-corrected chi connectivity index (χ3v) is 3.78. The maximum absolute atomic E-state index is 10.4. The zero-order chi connectivity index (χ0) is 19.1. The molecule has 1 aromatic carbocycles. The number of nitro groups is 3. The van der Waals surface area contributed by atoms with Crippen molar-refractivity contribution in [3.05, 3.63) is 42.5 Å². The molecule has 0 aliphatic carbocycles. The lowest BCUT2D eigenvalue weighted by Gasteiger charge is -2.29. The summed E-state index contributed by atoms with van der Waals surface area (Å²) in [4.78, 5) is 30.3. The van der Waals surface area contributed by atoms with Crippen LogP contribution in [-0.4, -0.2) is 43.9 Å². The van der Waals surface area contributed by atoms with E-state index in [9.17, 15) is 30.3 Å². The zero-order valence-corrected chi connectivity index (χ0v) is 14.0. The molecule has 1 saturated heterocycles. The largest absolute Gasteiger partial charge is 0.497 e. The number of hydrogen-bond donors (Lipinski definition) is 1. The number of aromatic hydroxyl groups is 1. The summed E-state index contributed by atoms with van der Waals surface area (Å²) in [5, 5.41) is 40.2. The summed E-state index contributed by atoms with van der Waals surface area (Å²) < 4.78 is 0. The van der Waals surface area contributed by atoms with Crippen LogP contribution in [-0.2, 0) is 0 Å². The van der Waals surface area contributed by atoms with Gasteiger partial charge in [0, 0.05) is 6.04 Å². The second-order valence-electron chi connectivity index (χ2n) is 5.79. The molecule has 138 valence electrons. The Balaban J connectivity index is 0.000000293. The van der Waals surface area contributed by atoms with Crippen LogP contribution in [0.4, 0.5) is 17.1 Å². The van der Waals surface area contributed by atoms with E-state index in [4.69, 9.17) is 5.11 Å². The van der Waals surface area contributed by atoms with Gasteiger partial charge in [-0.2, -0.15) is 0 Å². The van der Waals surface area contributed by atoms with Crippen LogP contribution in [0.5, 0.6) is 5.75 Å². The van der Waals surface area contributed by atoms with E-state index in [1.807, 2.05) is 0 Å². The number of nitrogens with zero attached hydrogens (tertiary/aromatic N) is 4. The minimum Gasteiger partial charge on any atom is -0.497 e. The first-order valence-corrected chi connectivity index (χ1v) is 7.69. The van der Waals surface area contributed by atoms with Gasteiger partial charge in [-0.25, -0.2) is 0 Å². The van der Waals surface area contributed by atoms with Crippen LogP contribution < -0.4 is 0 Å². The standard InChI is InChI=1S/C8H17N.C6H3N3O7/c1-8(2)9-6-4-3-5-7-9;10-6-4(8(13)14)1-3(7(11)12)2-5(6)9(15)16/h8H,3-7H2,1-2H3;1-2,10H. The molecule has 1 aromatic rings. The first-order chi connectivity index (χ1) is 11.6. The Hall–Kier alpha value is -2.82. The van der Waals surface area contributed by atoms with Gasteiger partial charge in [-0.15, -0.1) is 0 Å². The SMILES string of the molecule is CC(C)N1CCCCC1.O=[N+]([O-])c1cc([N+](=O)[O-])c(O)c([N+](=O)[O-])c1. The monoisotopic (exact) mass is 356 g/mol. The number of benzene rings is 1. The predicted molar refractivity (Wildman–Crippen MR) is 88.6 cm³/mol. The Kier molecular flexibility index (Phi) is 7.18. The highest BCUT2D eigenvalue weighted by atomic mass is 16.6. The van der Waals surface area contributed by atoms with E-state index in [0.29, 0.717) is 12.1 Å². The molecule has 0 spiro atoms. The Morgan fingerprint density at radius 2 is 1.36 bits per heavy atom. The number of likely N-dealkylation sites (tertiary alicyclic amines) is 1. The highest BCUT2D eigenvalue weighted by Crippen LogP contribution is 2.38. The highest BCUT2D eigenvalue weighted by molar-refractivity contribution is 5.64. The van der Waals surface area contributed by atoms with Crippen molar-refractivity contribution in [3.8, 4) is 5.75 Å². The van der Waals surface area contributed by atoms with Crippen LogP contribution in [0.3, 0.4) is 0 Å². The van der Waals surface area contributed by atoms with Crippen molar-refractivity contribution in [1.82, 2.24) is 4.90 Å². The van der Waals surface area contributed by atoms with Gasteiger partial charge in [0.05, 0.1) is 26.9 Å². The molecule has 0 aromatic heterocycles. The average molecular weight is 356 g/mol. The van der Waals surface area contributed by atoms with Gasteiger partial charge in [-0.05, 0) is 39.8 Å². The van der Waals surface area contributed by atoms with Gasteiger partial charge in [0.2, 0.25) is 0 Å². The minimum absolute atomic E-state index is 0.447. The fourth-order valence-corrected chi connectivity index (χ4v) is 2.41. The number of piperidine rings is 1. The van der Waals surface area contributed by atoms with Crippen molar-refractivity contribution in [1.29, 1.82) is 0 Å². The van der Waals surface area contributed by atoms with Crippen molar-refractivity contribution < 1.29 is 19.9 Å². The van der Waals surface area contributed by atoms with Gasteiger partial charge >= 0.3 is 11.4 Å². The fourth-order valence-electron chi connectivity index (χ4n) is 2.41. The van der Waals surface area contributed by atoms with E-state index in [2.05, 4.69) is 18.7 Å². The predicted octanol–water partition coefficient (Wildman–Crippen LogP) is 3.00. The third kappa shape index (κ3) is 5.64. The Morgan fingerprint density at radius 1 is 0.920 bits per heavy atom. The molecule has 0 radical (unpaired) electrons. The van der Waals surface area contributed by atoms with E-state index < -0.39 is 37.6 Å². The van der Waals surface area contributed by atoms with Gasteiger partial charge in [0.25, 0.3) is 11.4 Å². The molecule has 1 heterocycles. The summed E-state index contributed by atoms with van der Waals surface area (Å²) in [5.74, 6) is -1.21. The molecule has 11 nitrogen and oxygen atoms in total. The molecule has 11 heteroatoms. The molecule has 1 aliphatic rings. The number of phenols is 1. The van der Waals surface area contributed by atoms with Crippen molar-refractivity contribution in [2.45, 2.75) is 39.2 Å². The maximum atomic E-state index is 10.4. The van der Waals surface area contributed by atoms with Gasteiger partial charge in [0.1, 0.15) is 0 Å². The Morgan fingerprint density at radius 3 is 1.64 bits per heavy atom. The molecule has 0 saturated carbocycles. The van der Waals surface area contributed by atoms with E-state index >= 15 is 0 Å². The lowest BCUT2D eigenvalue weighted by atomic mass is 10.1. The number of hydrogen-bond acceptors (Lipinski definition) is 8. The molecular weight excluding hydrogens is 336 g/mol. The molecule has 0 atom stereocenters. The first-order valence-electron chi connectivity index (χ1n) is 7.69. The number of phenolic OH excluding ortho intramolecular Hbond substituents is 1. The molecule has 0 amide bonds. The van der Waals surface area contributed by atoms with Crippen LogP contribution in [0.15, 0.2) is 12.1 Å². The molecule has 1 N–H and O–H groups in total. The summed E-state index contributed by atoms with van der Waals surface area (Å²) in [5.41, 5.74) is -3.00. The van der Waals surface area contributed by atoms with Crippen LogP contribution >= 0.6 is 0 Å². The van der Waals surface area contributed by atoms with Crippen molar-refractivity contribution in [2.24, 2.45) is 0 Å². The lowest BCUT2D eigenvalue weighted by molar-refractivity contribution is -0.404. The van der Waals surface area contributed by atoms with Crippen LogP contribution in [0, 0.1) is 30.3 Å². The van der Waals surface area contributed by atoms with E-state index in [0.717, 1.165) is 6.04 Å². The summed E-state index contributed by atoms with van der Waals surface area (Å²) in [6.07, 6.45) is 4.28. The quantitative estimate of drug-likeness (QED) is 0.638. The molecule has 0 unspecified atom stereocenters. The zero-order valence-electron chi connectivity index (χ0n) is 14.0. The van der Waals surface area contributed by atoms with Gasteiger partial charge in [-0.1, -0.05) is 6.42 Å². The van der Waals surface area contributed by atoms with Crippen LogP contribution in [0.2, 0.25) is 0 Å². The normalized spacial score (nSPS) is 14.5. The Bertz CT molecular complexity index is 622. The van der Waals surface area contributed by atoms with Crippen molar-refractivity contribution in [2.75, 3.05) is 13.1 Å². The number of nitro benzene ring substituents is 3. The van der Waals surface area contributed by atoms with E-state index in [1.165, 1.54) is 32.4 Å². The van der Waals surface area contributed by atoms with Gasteiger partial charge in [0.15, 0.2) is 0 Å². The van der Waals surface area contributed by atoms with E-state index in [-0.39, 0.29) is 0 Å². The summed E-state index contributed by atoms with van der Waals surface area (Å²) in [6, 6.07) is 1.66. The van der Waals surface area contributed by atoms with Crippen molar-refractivity contribution >= 4 is 17.1 Å². The first kappa shape index (κ1) is 20.2. The molecule has 2 rings (SSSR count). The van der Waals surface area contributed by atoms with Gasteiger partial charge in [-0.3, -0.25) is 30.3 Å². The summed E-state index contributed by atoms with van der Waals surface area (Å²) in [7, 11) is 0.